The van der Waals surface area contributed by atoms with Gasteiger partial charge in [-0.05, 0) is 52.0 Å². The van der Waals surface area contributed by atoms with Crippen molar-refractivity contribution in [1.82, 2.24) is 5.32 Å². The Morgan fingerprint density at radius 1 is 1.20 bits per heavy atom. The van der Waals surface area contributed by atoms with Crippen LogP contribution in [0.2, 0.25) is 0 Å². The average Bonchev–Trinajstić information content (AvgIpc) is 2.29. The lowest BCUT2D eigenvalue weighted by atomic mass is 10.2. The Bertz CT molecular complexity index is 480. The van der Waals surface area contributed by atoms with Crippen LogP contribution in [0, 0.1) is 0 Å². The fourth-order valence-electron chi connectivity index (χ4n) is 1.33. The third-order valence-electron chi connectivity index (χ3n) is 2.24. The van der Waals surface area contributed by atoms with Crippen LogP contribution in [0.15, 0.2) is 28.7 Å². The summed E-state index contributed by atoms with van der Waals surface area (Å²) in [5.41, 5.74) is 0.0717. The van der Waals surface area contributed by atoms with Gasteiger partial charge in [0.05, 0.1) is 0 Å². The number of halogens is 1. The van der Waals surface area contributed by atoms with Crippen LogP contribution in [0.5, 0.6) is 0 Å². The van der Waals surface area contributed by atoms with Crippen molar-refractivity contribution in [1.29, 1.82) is 0 Å². The summed E-state index contributed by atoms with van der Waals surface area (Å²) in [5.74, 6) is -0.307. The molecule has 2 N–H and O–H groups in total. The van der Waals surface area contributed by atoms with E-state index in [-0.39, 0.29) is 5.91 Å². The van der Waals surface area contributed by atoms with Gasteiger partial charge in [0.25, 0.3) is 0 Å². The number of anilines is 1. The van der Waals surface area contributed by atoms with Gasteiger partial charge in [-0.25, -0.2) is 4.79 Å². The molecule has 0 aromatic heterocycles. The lowest BCUT2D eigenvalue weighted by Crippen LogP contribution is -2.43. The number of alkyl carbamates (subject to hydrolysis) is 1. The average molecular weight is 343 g/mol. The first-order chi connectivity index (χ1) is 9.17. The summed E-state index contributed by atoms with van der Waals surface area (Å²) in [6, 6.07) is 6.49. The van der Waals surface area contributed by atoms with E-state index in [1.54, 1.807) is 39.8 Å². The van der Waals surface area contributed by atoms with Crippen molar-refractivity contribution < 1.29 is 14.3 Å². The second-order valence-corrected chi connectivity index (χ2v) is 6.28. The fraction of sp³-hybridized carbons (Fsp3) is 0.429. The van der Waals surface area contributed by atoms with E-state index in [1.807, 2.05) is 12.1 Å². The van der Waals surface area contributed by atoms with E-state index in [2.05, 4.69) is 26.6 Å². The molecule has 0 aliphatic carbocycles. The Morgan fingerprint density at radius 3 is 2.25 bits per heavy atom. The standard InChI is InChI=1S/C14H19BrN2O3/c1-9(16-13(19)20-14(2,3)4)12(18)17-11-7-5-10(15)6-8-11/h5-9H,1-4H3,(H,16,19)(H,17,18)/t9-/m1/s1. The minimum atomic E-state index is -0.687. The molecule has 6 heteroatoms. The highest BCUT2D eigenvalue weighted by molar-refractivity contribution is 9.10. The van der Waals surface area contributed by atoms with Crippen molar-refractivity contribution >= 4 is 33.6 Å². The molecular formula is C14H19BrN2O3. The smallest absolute Gasteiger partial charge is 0.408 e. The Morgan fingerprint density at radius 2 is 1.75 bits per heavy atom. The zero-order valence-corrected chi connectivity index (χ0v) is 13.6. The van der Waals surface area contributed by atoms with E-state index in [4.69, 9.17) is 4.74 Å². The van der Waals surface area contributed by atoms with Crippen LogP contribution in [-0.4, -0.2) is 23.6 Å². The highest BCUT2D eigenvalue weighted by atomic mass is 79.9. The van der Waals surface area contributed by atoms with E-state index < -0.39 is 17.7 Å². The minimum Gasteiger partial charge on any atom is -0.444 e. The van der Waals surface area contributed by atoms with Gasteiger partial charge in [-0.15, -0.1) is 0 Å². The first-order valence-electron chi connectivity index (χ1n) is 6.23. The van der Waals surface area contributed by atoms with Crippen LogP contribution < -0.4 is 10.6 Å². The SMILES string of the molecule is C[C@@H](NC(=O)OC(C)(C)C)C(=O)Nc1ccc(Br)cc1. The lowest BCUT2D eigenvalue weighted by molar-refractivity contribution is -0.117. The summed E-state index contributed by atoms with van der Waals surface area (Å²) in [6.45, 7) is 6.88. The molecule has 20 heavy (non-hydrogen) atoms. The third kappa shape index (κ3) is 6.06. The van der Waals surface area contributed by atoms with Gasteiger partial charge in [-0.2, -0.15) is 0 Å². The normalized spacial score (nSPS) is 12.4. The van der Waals surface area contributed by atoms with Crippen molar-refractivity contribution in [2.45, 2.75) is 39.3 Å². The van der Waals surface area contributed by atoms with Crippen LogP contribution in [0.25, 0.3) is 0 Å². The highest BCUT2D eigenvalue weighted by Gasteiger charge is 2.20. The van der Waals surface area contributed by atoms with Gasteiger partial charge in [0, 0.05) is 10.2 Å². The topological polar surface area (TPSA) is 67.4 Å². The van der Waals surface area contributed by atoms with E-state index in [0.717, 1.165) is 4.47 Å². The second-order valence-electron chi connectivity index (χ2n) is 5.36. The molecule has 1 atom stereocenters. The molecule has 1 aromatic rings. The first-order valence-corrected chi connectivity index (χ1v) is 7.02. The number of ether oxygens (including phenoxy) is 1. The molecule has 0 aliphatic rings. The number of hydrogen-bond acceptors (Lipinski definition) is 3. The molecule has 0 aliphatic heterocycles. The Hall–Kier alpha value is -1.56. The van der Waals surface area contributed by atoms with Gasteiger partial charge in [-0.3, -0.25) is 4.79 Å². The molecule has 1 rings (SSSR count). The predicted molar refractivity (Wildman–Crippen MR) is 81.6 cm³/mol. The molecule has 5 nitrogen and oxygen atoms in total. The largest absolute Gasteiger partial charge is 0.444 e. The Kier molecular flexibility index (Phi) is 5.56. The number of nitrogens with one attached hydrogen (secondary N) is 2. The summed E-state index contributed by atoms with van der Waals surface area (Å²) in [7, 11) is 0. The molecule has 0 saturated carbocycles. The molecule has 0 bridgehead atoms. The molecule has 0 fully saturated rings. The van der Waals surface area contributed by atoms with Crippen LogP contribution >= 0.6 is 15.9 Å². The van der Waals surface area contributed by atoms with Crippen LogP contribution in [0.1, 0.15) is 27.7 Å². The van der Waals surface area contributed by atoms with Gasteiger partial charge < -0.3 is 15.4 Å². The summed E-state index contributed by atoms with van der Waals surface area (Å²) in [6.07, 6.45) is -0.615. The summed E-state index contributed by atoms with van der Waals surface area (Å²) < 4.78 is 6.01. The zero-order valence-electron chi connectivity index (χ0n) is 12.0. The number of carbonyl (C=O) groups is 2. The quantitative estimate of drug-likeness (QED) is 0.885. The van der Waals surface area contributed by atoms with Gasteiger partial charge in [-0.1, -0.05) is 15.9 Å². The molecule has 0 radical (unpaired) electrons. The maximum Gasteiger partial charge on any atom is 0.408 e. The fourth-order valence-corrected chi connectivity index (χ4v) is 1.60. The molecule has 0 saturated heterocycles. The summed E-state index contributed by atoms with van der Waals surface area (Å²) in [5, 5.41) is 5.19. The summed E-state index contributed by atoms with van der Waals surface area (Å²) >= 11 is 3.31. The molecule has 0 unspecified atom stereocenters. The highest BCUT2D eigenvalue weighted by Crippen LogP contribution is 2.14. The van der Waals surface area contributed by atoms with Crippen LogP contribution in [0.4, 0.5) is 10.5 Å². The number of amides is 2. The van der Waals surface area contributed by atoms with Gasteiger partial charge in [0.2, 0.25) is 5.91 Å². The third-order valence-corrected chi connectivity index (χ3v) is 2.77. The summed E-state index contributed by atoms with van der Waals surface area (Å²) in [4.78, 5) is 23.5. The van der Waals surface area contributed by atoms with E-state index in [9.17, 15) is 9.59 Å². The van der Waals surface area contributed by atoms with Crippen molar-refractivity contribution in [2.75, 3.05) is 5.32 Å². The van der Waals surface area contributed by atoms with Gasteiger partial charge >= 0.3 is 6.09 Å². The van der Waals surface area contributed by atoms with Crippen molar-refractivity contribution in [3.05, 3.63) is 28.7 Å². The predicted octanol–water partition coefficient (Wildman–Crippen LogP) is 3.30. The van der Waals surface area contributed by atoms with Gasteiger partial charge in [0.1, 0.15) is 11.6 Å². The van der Waals surface area contributed by atoms with E-state index in [1.165, 1.54) is 0 Å². The molecule has 0 spiro atoms. The van der Waals surface area contributed by atoms with E-state index >= 15 is 0 Å². The molecule has 0 heterocycles. The number of benzene rings is 1. The first kappa shape index (κ1) is 16.5. The maximum absolute atomic E-state index is 11.9. The molecule has 110 valence electrons. The van der Waals surface area contributed by atoms with E-state index in [0.29, 0.717) is 5.69 Å². The molecule has 2 amide bonds. The molecular weight excluding hydrogens is 324 g/mol. The number of rotatable bonds is 3. The van der Waals surface area contributed by atoms with Crippen LogP contribution in [0.3, 0.4) is 0 Å². The Balaban J connectivity index is 2.51. The van der Waals surface area contributed by atoms with Crippen molar-refractivity contribution in [3.8, 4) is 0 Å². The zero-order chi connectivity index (χ0) is 15.3. The monoisotopic (exact) mass is 342 g/mol. The lowest BCUT2D eigenvalue weighted by Gasteiger charge is -2.21. The minimum absolute atomic E-state index is 0.307. The number of hydrogen-bond donors (Lipinski definition) is 2. The van der Waals surface area contributed by atoms with Crippen molar-refractivity contribution in [3.63, 3.8) is 0 Å². The second kappa shape index (κ2) is 6.74. The van der Waals surface area contributed by atoms with Crippen LogP contribution in [-0.2, 0) is 9.53 Å². The van der Waals surface area contributed by atoms with Gasteiger partial charge in [0.15, 0.2) is 0 Å². The number of carbonyl (C=O) groups excluding carboxylic acids is 2. The molecule has 1 aromatic carbocycles. The maximum atomic E-state index is 11.9. The Labute approximate surface area is 127 Å². The van der Waals surface area contributed by atoms with Crippen molar-refractivity contribution in [2.24, 2.45) is 0 Å².